The molecule has 0 unspecified atom stereocenters. The molecule has 1 aliphatic heterocycles. The maximum absolute atomic E-state index is 13.0. The molecule has 2 heteroatoms. The molecule has 104 valence electrons. The summed E-state index contributed by atoms with van der Waals surface area (Å²) in [5.41, 5.74) is 4.86. The highest BCUT2D eigenvalue weighted by molar-refractivity contribution is 6.24. The van der Waals surface area contributed by atoms with Gasteiger partial charge in [0.15, 0.2) is 5.78 Å². The molecule has 0 bridgehead atoms. The van der Waals surface area contributed by atoms with Crippen molar-refractivity contribution < 1.29 is 4.79 Å². The smallest absolute Gasteiger partial charge is 0.174 e. The number of carbonyl (C=O) groups is 1. The third-order valence-electron chi connectivity index (χ3n) is 4.67. The summed E-state index contributed by atoms with van der Waals surface area (Å²) in [6.07, 6.45) is 0.917. The van der Waals surface area contributed by atoms with Gasteiger partial charge in [0.2, 0.25) is 0 Å². The van der Waals surface area contributed by atoms with Crippen LogP contribution in [0.4, 0.5) is 5.69 Å². The molecule has 0 saturated heterocycles. The Balaban J connectivity index is 2.03. The van der Waals surface area contributed by atoms with Crippen LogP contribution < -0.4 is 0 Å². The first-order valence-corrected chi connectivity index (χ1v) is 7.38. The Hall–Kier alpha value is -2.22. The summed E-state index contributed by atoms with van der Waals surface area (Å²) in [5.74, 6) is 0.0809. The number of benzene rings is 2. The van der Waals surface area contributed by atoms with Crippen molar-refractivity contribution in [1.82, 2.24) is 0 Å². The Kier molecular flexibility index (Phi) is 2.47. The number of hydrogen-bond donors (Lipinski definition) is 0. The number of aliphatic imine (C=N–C) groups is 1. The molecule has 0 spiro atoms. The van der Waals surface area contributed by atoms with E-state index >= 15 is 0 Å². The fourth-order valence-electron chi connectivity index (χ4n) is 3.71. The van der Waals surface area contributed by atoms with Crippen molar-refractivity contribution in [2.24, 2.45) is 16.3 Å². The van der Waals surface area contributed by atoms with E-state index < -0.39 is 0 Å². The van der Waals surface area contributed by atoms with Gasteiger partial charge in [-0.05, 0) is 35.1 Å². The third-order valence-corrected chi connectivity index (χ3v) is 4.67. The van der Waals surface area contributed by atoms with E-state index in [1.165, 1.54) is 5.56 Å². The number of carbonyl (C=O) groups excluding carboxylic acids is 1. The zero-order valence-electron chi connectivity index (χ0n) is 12.3. The van der Waals surface area contributed by atoms with Crippen LogP contribution >= 0.6 is 0 Å². The predicted molar refractivity (Wildman–Crippen MR) is 84.4 cm³/mol. The van der Waals surface area contributed by atoms with Gasteiger partial charge in [0, 0.05) is 5.56 Å². The summed E-state index contributed by atoms with van der Waals surface area (Å²) in [7, 11) is 0. The minimum Gasteiger partial charge on any atom is -0.293 e. The van der Waals surface area contributed by atoms with Crippen molar-refractivity contribution in [3.63, 3.8) is 0 Å². The second-order valence-corrected chi connectivity index (χ2v) is 6.63. The number of hydrogen-bond acceptors (Lipinski definition) is 2. The van der Waals surface area contributed by atoms with Gasteiger partial charge in [-0.1, -0.05) is 50.2 Å². The Morgan fingerprint density at radius 3 is 2.48 bits per heavy atom. The summed E-state index contributed by atoms with van der Waals surface area (Å²) in [4.78, 5) is 17.8. The highest BCUT2D eigenvalue weighted by atomic mass is 16.1. The minimum atomic E-state index is -0.137. The molecular weight excluding hydrogens is 258 g/mol. The predicted octanol–water partition coefficient (Wildman–Crippen LogP) is 4.20. The largest absolute Gasteiger partial charge is 0.293 e. The maximum atomic E-state index is 13.0. The van der Waals surface area contributed by atoms with E-state index in [1.54, 1.807) is 0 Å². The van der Waals surface area contributed by atoms with Crippen molar-refractivity contribution in [3.8, 4) is 0 Å². The molecule has 2 nitrogen and oxygen atoms in total. The molecule has 2 aromatic carbocycles. The van der Waals surface area contributed by atoms with Crippen LogP contribution in [-0.4, -0.2) is 11.5 Å². The lowest BCUT2D eigenvalue weighted by molar-refractivity contribution is 0.0867. The summed E-state index contributed by atoms with van der Waals surface area (Å²) in [6.45, 7) is 4.35. The standard InChI is InChI=1S/C19H17NO/c1-19(2)11-12-7-3-4-8-13(12)17-16(19)18(21)14-9-5-6-10-15(14)20-17/h3-10,16H,11H2,1-2H3/t16-/m0/s1. The van der Waals surface area contributed by atoms with Gasteiger partial charge in [-0.25, -0.2) is 0 Å². The van der Waals surface area contributed by atoms with Gasteiger partial charge in [0.1, 0.15) is 0 Å². The lowest BCUT2D eigenvalue weighted by Crippen LogP contribution is -2.44. The molecule has 0 radical (unpaired) electrons. The van der Waals surface area contributed by atoms with E-state index in [1.807, 2.05) is 30.3 Å². The molecule has 2 aliphatic rings. The van der Waals surface area contributed by atoms with Crippen molar-refractivity contribution in [2.75, 3.05) is 0 Å². The summed E-state index contributed by atoms with van der Waals surface area (Å²) in [6, 6.07) is 16.0. The third kappa shape index (κ3) is 1.72. The zero-order chi connectivity index (χ0) is 14.6. The van der Waals surface area contributed by atoms with Crippen molar-refractivity contribution in [3.05, 3.63) is 65.2 Å². The van der Waals surface area contributed by atoms with E-state index in [0.717, 1.165) is 28.9 Å². The first-order chi connectivity index (χ1) is 10.1. The van der Waals surface area contributed by atoms with Gasteiger partial charge >= 0.3 is 0 Å². The minimum absolute atomic E-state index is 0.0994. The van der Waals surface area contributed by atoms with Crippen molar-refractivity contribution in [2.45, 2.75) is 20.3 Å². The van der Waals surface area contributed by atoms with E-state index in [9.17, 15) is 4.79 Å². The number of para-hydroxylation sites is 1. The summed E-state index contributed by atoms with van der Waals surface area (Å²) >= 11 is 0. The highest BCUT2D eigenvalue weighted by Gasteiger charge is 2.46. The van der Waals surface area contributed by atoms with E-state index in [2.05, 4.69) is 32.0 Å². The first kappa shape index (κ1) is 12.5. The van der Waals surface area contributed by atoms with Crippen LogP contribution in [0.2, 0.25) is 0 Å². The molecule has 1 heterocycles. The van der Waals surface area contributed by atoms with Crippen LogP contribution in [0.1, 0.15) is 35.3 Å². The van der Waals surface area contributed by atoms with Gasteiger partial charge in [-0.2, -0.15) is 0 Å². The topological polar surface area (TPSA) is 29.4 Å². The SMILES string of the molecule is CC1(C)Cc2ccccc2C2=Nc3ccccc3C(=O)[C@H]21. The highest BCUT2D eigenvalue weighted by Crippen LogP contribution is 2.45. The van der Waals surface area contributed by atoms with Crippen LogP contribution in [0.25, 0.3) is 0 Å². The van der Waals surface area contributed by atoms with Gasteiger partial charge < -0.3 is 0 Å². The fraction of sp³-hybridized carbons (Fsp3) is 0.263. The molecular formula is C19H17NO. The normalized spacial score (nSPS) is 21.9. The molecule has 0 saturated carbocycles. The number of ketones is 1. The molecule has 21 heavy (non-hydrogen) atoms. The van der Waals surface area contributed by atoms with Crippen molar-refractivity contribution in [1.29, 1.82) is 0 Å². The molecule has 1 atom stereocenters. The van der Waals surface area contributed by atoms with Crippen molar-refractivity contribution >= 4 is 17.2 Å². The first-order valence-electron chi connectivity index (χ1n) is 7.38. The Morgan fingerprint density at radius 1 is 1.00 bits per heavy atom. The Bertz CT molecular complexity index is 786. The molecule has 0 fully saturated rings. The van der Waals surface area contributed by atoms with Crippen LogP contribution in [0, 0.1) is 11.3 Å². The molecule has 0 aromatic heterocycles. The average molecular weight is 275 g/mol. The summed E-state index contributed by atoms with van der Waals surface area (Å²) < 4.78 is 0. The van der Waals surface area contributed by atoms with E-state index in [-0.39, 0.29) is 17.1 Å². The monoisotopic (exact) mass is 275 g/mol. The second kappa shape index (κ2) is 4.14. The zero-order valence-corrected chi connectivity index (χ0v) is 12.3. The second-order valence-electron chi connectivity index (χ2n) is 6.63. The van der Waals surface area contributed by atoms with Gasteiger partial charge in [0.25, 0.3) is 0 Å². The lowest BCUT2D eigenvalue weighted by Gasteiger charge is -2.41. The number of nitrogens with zero attached hydrogens (tertiary/aromatic N) is 1. The Labute approximate surface area is 124 Å². The number of Topliss-reactive ketones (excluding diaryl/α,β-unsaturated/α-hetero) is 1. The number of fused-ring (bicyclic) bond motifs is 4. The average Bonchev–Trinajstić information content (AvgIpc) is 2.46. The van der Waals surface area contributed by atoms with Crippen LogP contribution in [0.5, 0.6) is 0 Å². The van der Waals surface area contributed by atoms with E-state index in [4.69, 9.17) is 4.99 Å². The number of rotatable bonds is 0. The quantitative estimate of drug-likeness (QED) is 0.708. The molecule has 0 N–H and O–H groups in total. The van der Waals surface area contributed by atoms with E-state index in [0.29, 0.717) is 0 Å². The van der Waals surface area contributed by atoms with Crippen LogP contribution in [0.15, 0.2) is 53.5 Å². The maximum Gasteiger partial charge on any atom is 0.174 e. The van der Waals surface area contributed by atoms with Crippen LogP contribution in [-0.2, 0) is 6.42 Å². The van der Waals surface area contributed by atoms with Gasteiger partial charge in [-0.3, -0.25) is 9.79 Å². The lowest BCUT2D eigenvalue weighted by atomic mass is 9.62. The Morgan fingerprint density at radius 2 is 1.67 bits per heavy atom. The fourth-order valence-corrected chi connectivity index (χ4v) is 3.71. The van der Waals surface area contributed by atoms with Gasteiger partial charge in [0.05, 0.1) is 17.3 Å². The molecule has 2 aromatic rings. The molecule has 0 amide bonds. The van der Waals surface area contributed by atoms with Crippen LogP contribution in [0.3, 0.4) is 0 Å². The van der Waals surface area contributed by atoms with Gasteiger partial charge in [-0.15, -0.1) is 0 Å². The molecule has 1 aliphatic carbocycles. The summed E-state index contributed by atoms with van der Waals surface area (Å²) in [5, 5.41) is 0. The molecule has 4 rings (SSSR count).